The summed E-state index contributed by atoms with van der Waals surface area (Å²) in [4.78, 5) is 1.97. The first-order valence-electron chi connectivity index (χ1n) is 7.03. The number of benzene rings is 1. The molecule has 2 nitrogen and oxygen atoms in total. The van der Waals surface area contributed by atoms with E-state index in [0.29, 0.717) is 24.2 Å². The van der Waals surface area contributed by atoms with E-state index in [1.54, 1.807) is 0 Å². The molecule has 112 valence electrons. The second-order valence-electron chi connectivity index (χ2n) is 5.95. The van der Waals surface area contributed by atoms with E-state index < -0.39 is 5.82 Å². The van der Waals surface area contributed by atoms with Crippen molar-refractivity contribution in [1.29, 1.82) is 0 Å². The summed E-state index contributed by atoms with van der Waals surface area (Å²) in [7, 11) is 0. The molecule has 0 bridgehead atoms. The van der Waals surface area contributed by atoms with E-state index in [9.17, 15) is 8.78 Å². The summed E-state index contributed by atoms with van der Waals surface area (Å²) in [5.74, 6) is -0.225. The summed E-state index contributed by atoms with van der Waals surface area (Å²) in [5, 5.41) is 3.48. The maximum absolute atomic E-state index is 14.1. The summed E-state index contributed by atoms with van der Waals surface area (Å²) >= 11 is 3.02. The molecule has 1 aliphatic rings. The highest BCUT2D eigenvalue weighted by atomic mass is 79.9. The van der Waals surface area contributed by atoms with Crippen LogP contribution in [-0.4, -0.2) is 25.2 Å². The van der Waals surface area contributed by atoms with E-state index in [1.165, 1.54) is 12.1 Å². The second-order valence-corrected chi connectivity index (χ2v) is 6.81. The van der Waals surface area contributed by atoms with Gasteiger partial charge in [-0.15, -0.1) is 0 Å². The van der Waals surface area contributed by atoms with Crippen molar-refractivity contribution in [3.8, 4) is 0 Å². The van der Waals surface area contributed by atoms with Gasteiger partial charge in [0.25, 0.3) is 0 Å². The zero-order valence-electron chi connectivity index (χ0n) is 12.1. The third-order valence-electron chi connectivity index (χ3n) is 3.71. The molecule has 2 rings (SSSR count). The maximum Gasteiger partial charge on any atom is 0.147 e. The molecule has 0 spiro atoms. The molecule has 1 aliphatic heterocycles. The van der Waals surface area contributed by atoms with Gasteiger partial charge in [-0.1, -0.05) is 13.8 Å². The Labute approximate surface area is 127 Å². The molecule has 2 atom stereocenters. The molecule has 0 amide bonds. The van der Waals surface area contributed by atoms with Gasteiger partial charge in [0.2, 0.25) is 0 Å². The van der Waals surface area contributed by atoms with Crippen LogP contribution < -0.4 is 10.2 Å². The topological polar surface area (TPSA) is 15.3 Å². The molecule has 0 aliphatic carbocycles. The van der Waals surface area contributed by atoms with Crippen molar-refractivity contribution in [2.45, 2.75) is 39.3 Å². The zero-order valence-corrected chi connectivity index (χ0v) is 13.7. The van der Waals surface area contributed by atoms with Crippen molar-refractivity contribution in [2.24, 2.45) is 5.92 Å². The SMILES string of the molecule is CC(C)CC1CN(c2cc(F)c(Br)cc2F)C(C)CN1. The summed E-state index contributed by atoms with van der Waals surface area (Å²) < 4.78 is 28.0. The van der Waals surface area contributed by atoms with E-state index in [2.05, 4.69) is 35.1 Å². The van der Waals surface area contributed by atoms with E-state index in [0.717, 1.165) is 13.0 Å². The van der Waals surface area contributed by atoms with Gasteiger partial charge in [0, 0.05) is 31.2 Å². The summed E-state index contributed by atoms with van der Waals surface area (Å²) in [6, 6.07) is 2.95. The molecule has 1 aromatic rings. The van der Waals surface area contributed by atoms with Gasteiger partial charge in [-0.05, 0) is 41.3 Å². The molecular formula is C15H21BrF2N2. The minimum atomic E-state index is -0.424. The Morgan fingerprint density at radius 2 is 2.05 bits per heavy atom. The van der Waals surface area contributed by atoms with Gasteiger partial charge in [0.1, 0.15) is 11.6 Å². The summed E-state index contributed by atoms with van der Waals surface area (Å²) in [5.41, 5.74) is 0.355. The van der Waals surface area contributed by atoms with Gasteiger partial charge in [0.15, 0.2) is 0 Å². The van der Waals surface area contributed by atoms with Crippen molar-refractivity contribution < 1.29 is 8.78 Å². The van der Waals surface area contributed by atoms with E-state index in [4.69, 9.17) is 0 Å². The molecule has 0 saturated carbocycles. The Morgan fingerprint density at radius 3 is 2.70 bits per heavy atom. The van der Waals surface area contributed by atoms with E-state index in [1.807, 2.05) is 11.8 Å². The van der Waals surface area contributed by atoms with Gasteiger partial charge in [-0.3, -0.25) is 0 Å². The van der Waals surface area contributed by atoms with Gasteiger partial charge < -0.3 is 10.2 Å². The van der Waals surface area contributed by atoms with Crippen molar-refractivity contribution in [2.75, 3.05) is 18.0 Å². The Balaban J connectivity index is 2.23. The Kier molecular flexibility index (Phi) is 5.02. The molecule has 0 aromatic heterocycles. The molecule has 1 N–H and O–H groups in total. The molecule has 1 fully saturated rings. The van der Waals surface area contributed by atoms with Crippen LogP contribution in [0, 0.1) is 17.6 Å². The van der Waals surface area contributed by atoms with Gasteiger partial charge >= 0.3 is 0 Å². The van der Waals surface area contributed by atoms with Crippen LogP contribution in [0.5, 0.6) is 0 Å². The van der Waals surface area contributed by atoms with Crippen LogP contribution in [0.15, 0.2) is 16.6 Å². The fourth-order valence-corrected chi connectivity index (χ4v) is 3.04. The normalized spacial score (nSPS) is 23.4. The molecule has 0 radical (unpaired) electrons. The number of anilines is 1. The van der Waals surface area contributed by atoms with Crippen molar-refractivity contribution >= 4 is 21.6 Å². The number of hydrogen-bond acceptors (Lipinski definition) is 2. The minimum Gasteiger partial charge on any atom is -0.364 e. The van der Waals surface area contributed by atoms with Crippen LogP contribution in [0.3, 0.4) is 0 Å². The van der Waals surface area contributed by atoms with E-state index >= 15 is 0 Å². The van der Waals surface area contributed by atoms with Crippen molar-refractivity contribution in [3.63, 3.8) is 0 Å². The molecule has 20 heavy (non-hydrogen) atoms. The average molecular weight is 347 g/mol. The smallest absolute Gasteiger partial charge is 0.147 e. The number of piperazine rings is 1. The van der Waals surface area contributed by atoms with Crippen molar-refractivity contribution in [3.05, 3.63) is 28.2 Å². The number of nitrogens with one attached hydrogen (secondary N) is 1. The van der Waals surface area contributed by atoms with Gasteiger partial charge in [0.05, 0.1) is 10.2 Å². The number of rotatable bonds is 3. The Morgan fingerprint density at radius 1 is 1.35 bits per heavy atom. The summed E-state index contributed by atoms with van der Waals surface area (Å²) in [6.45, 7) is 7.86. The lowest BCUT2D eigenvalue weighted by Gasteiger charge is -2.41. The van der Waals surface area contributed by atoms with Crippen LogP contribution in [0.4, 0.5) is 14.5 Å². The summed E-state index contributed by atoms with van der Waals surface area (Å²) in [6.07, 6.45) is 1.03. The van der Waals surface area contributed by atoms with Gasteiger partial charge in [-0.2, -0.15) is 0 Å². The first-order valence-corrected chi connectivity index (χ1v) is 7.82. The van der Waals surface area contributed by atoms with Crippen LogP contribution >= 0.6 is 15.9 Å². The lowest BCUT2D eigenvalue weighted by Crippen LogP contribution is -2.56. The highest BCUT2D eigenvalue weighted by Crippen LogP contribution is 2.29. The maximum atomic E-state index is 14.1. The van der Waals surface area contributed by atoms with E-state index in [-0.39, 0.29) is 16.3 Å². The van der Waals surface area contributed by atoms with Crippen LogP contribution in [-0.2, 0) is 0 Å². The second kappa shape index (κ2) is 6.39. The van der Waals surface area contributed by atoms with Gasteiger partial charge in [-0.25, -0.2) is 8.78 Å². The Bertz CT molecular complexity index is 479. The molecule has 1 heterocycles. The van der Waals surface area contributed by atoms with Crippen molar-refractivity contribution in [1.82, 2.24) is 5.32 Å². The number of hydrogen-bond donors (Lipinski definition) is 1. The quantitative estimate of drug-likeness (QED) is 0.834. The predicted molar refractivity (Wildman–Crippen MR) is 82.1 cm³/mol. The standard InChI is InChI=1S/C15H21BrF2N2/c1-9(2)4-11-8-20(10(3)7-19-11)15-6-13(17)12(16)5-14(15)18/h5-6,9-11,19H,4,7-8H2,1-3H3. The van der Waals surface area contributed by atoms with Crippen LogP contribution in [0.1, 0.15) is 27.2 Å². The molecule has 2 unspecified atom stereocenters. The Hall–Kier alpha value is -0.680. The molecule has 1 aromatic carbocycles. The first kappa shape index (κ1) is 15.7. The predicted octanol–water partition coefficient (Wildman–Crippen LogP) is 3.94. The fraction of sp³-hybridized carbons (Fsp3) is 0.600. The average Bonchev–Trinajstić information content (AvgIpc) is 2.36. The highest BCUT2D eigenvalue weighted by Gasteiger charge is 2.27. The zero-order chi connectivity index (χ0) is 14.9. The molecular weight excluding hydrogens is 326 g/mol. The van der Waals surface area contributed by atoms with Crippen LogP contribution in [0.25, 0.3) is 0 Å². The minimum absolute atomic E-state index is 0.147. The molecule has 5 heteroatoms. The lowest BCUT2D eigenvalue weighted by atomic mass is 9.99. The molecule has 1 saturated heterocycles. The lowest BCUT2D eigenvalue weighted by molar-refractivity contribution is 0.353. The fourth-order valence-electron chi connectivity index (χ4n) is 2.72. The number of nitrogens with zero attached hydrogens (tertiary/aromatic N) is 1. The van der Waals surface area contributed by atoms with Crippen LogP contribution in [0.2, 0.25) is 0 Å². The number of halogens is 3. The first-order chi connectivity index (χ1) is 9.38. The highest BCUT2D eigenvalue weighted by molar-refractivity contribution is 9.10. The monoisotopic (exact) mass is 346 g/mol. The third-order valence-corrected chi connectivity index (χ3v) is 4.31. The third kappa shape index (κ3) is 3.50. The largest absolute Gasteiger partial charge is 0.364 e.